The Labute approximate surface area is 249 Å². The topological polar surface area (TPSA) is 90.0 Å². The Bertz CT molecular complexity index is 1240. The molecule has 218 valence electrons. The second-order valence-corrected chi connectivity index (χ2v) is 27.4. The third kappa shape index (κ3) is 7.73. The van der Waals surface area contributed by atoms with E-state index in [4.69, 9.17) is 9.72 Å². The van der Waals surface area contributed by atoms with Crippen LogP contribution in [0.1, 0.15) is 71.3 Å². The minimum absolute atomic E-state index is 0.0258. The van der Waals surface area contributed by atoms with Crippen molar-refractivity contribution < 1.29 is 14.5 Å². The summed E-state index contributed by atoms with van der Waals surface area (Å²) in [6.45, 7) is 8.37. The van der Waals surface area contributed by atoms with Gasteiger partial charge in [-0.2, -0.15) is 0 Å². The summed E-state index contributed by atoms with van der Waals surface area (Å²) in [5, 5.41) is 12.2. The molecular weight excluding hydrogens is 651 g/mol. The number of imidazole rings is 1. The van der Waals surface area contributed by atoms with E-state index in [-0.39, 0.29) is 23.6 Å². The minimum atomic E-state index is -2.49. The fraction of sp³-hybridized carbons (Fsp3) is 0.586. The van der Waals surface area contributed by atoms with E-state index in [1.165, 1.54) is 68.8 Å². The molecule has 0 radical (unpaired) electrons. The van der Waals surface area contributed by atoms with E-state index >= 15 is 0 Å². The number of carbonyl (C=O) groups is 1. The Morgan fingerprint density at radius 3 is 2.38 bits per heavy atom. The number of carbonyl (C=O) groups excluding carboxylic acids is 1. The number of nitro groups is 1. The standard InChI is InChI=1S/C17H15N4O4S2.3C4H9.Sn/c22-17(25-10-12-1-3-13(4-2-12)21(23)24)19-6-5-14(9-19)27-15-16-20(11-18-15)7-8-26-16;3*1-3-4-2;/h1-4,7,11,14H,5-6,9-10H2;3*1,3-4H2,2H3;/t14-;;;;/m0..../s1. The number of aromatic nitrogens is 2. The van der Waals surface area contributed by atoms with Crippen LogP contribution in [0.2, 0.25) is 13.3 Å². The van der Waals surface area contributed by atoms with Crippen LogP contribution in [0.25, 0.3) is 4.83 Å². The number of nitro benzene ring substituents is 1. The van der Waals surface area contributed by atoms with Gasteiger partial charge in [0.1, 0.15) is 0 Å². The van der Waals surface area contributed by atoms with Crippen molar-refractivity contribution in [2.24, 2.45) is 0 Å². The van der Waals surface area contributed by atoms with Crippen molar-refractivity contribution in [3.8, 4) is 0 Å². The molecule has 0 unspecified atom stereocenters. The fourth-order valence-electron chi connectivity index (χ4n) is 5.49. The molecule has 3 heterocycles. The molecule has 1 aromatic carbocycles. The fourth-order valence-corrected chi connectivity index (χ4v) is 26.8. The van der Waals surface area contributed by atoms with Crippen LogP contribution in [0, 0.1) is 10.1 Å². The van der Waals surface area contributed by atoms with Crippen molar-refractivity contribution in [2.75, 3.05) is 13.1 Å². The SMILES string of the molecule is CCC[CH2][Sn]([CH2]CCC)([CH2]CCC)[c]1cn2cnc(S[C@H]3CCN(C(=O)OCc4ccc([N+](=O)[O-])cc4)C3)c2s1. The number of ether oxygens (including phenoxy) is 1. The van der Waals surface area contributed by atoms with Gasteiger partial charge in [0, 0.05) is 12.1 Å². The van der Waals surface area contributed by atoms with Crippen molar-refractivity contribution in [3.63, 3.8) is 0 Å². The van der Waals surface area contributed by atoms with Crippen LogP contribution >= 0.6 is 23.1 Å². The van der Waals surface area contributed by atoms with E-state index in [1.807, 2.05) is 17.7 Å². The number of non-ortho nitro benzene ring substituents is 1. The summed E-state index contributed by atoms with van der Waals surface area (Å²) in [6, 6.07) is 6.11. The van der Waals surface area contributed by atoms with E-state index in [9.17, 15) is 14.9 Å². The zero-order chi connectivity index (χ0) is 28.5. The molecule has 1 aliphatic heterocycles. The summed E-state index contributed by atoms with van der Waals surface area (Å²) in [7, 11) is 0. The zero-order valence-corrected chi connectivity index (χ0v) is 28.5. The van der Waals surface area contributed by atoms with Crippen molar-refractivity contribution in [1.82, 2.24) is 14.3 Å². The molecule has 2 aromatic heterocycles. The number of unbranched alkanes of at least 4 members (excludes halogenated alkanes) is 3. The first kappa shape index (κ1) is 31.2. The van der Waals surface area contributed by atoms with Crippen molar-refractivity contribution >= 4 is 61.0 Å². The number of fused-ring (bicyclic) bond motifs is 1. The van der Waals surface area contributed by atoms with Crippen LogP contribution in [0.3, 0.4) is 0 Å². The molecule has 11 heteroatoms. The van der Waals surface area contributed by atoms with Crippen LogP contribution in [-0.2, 0) is 11.3 Å². The Hall–Kier alpha value is -1.79. The summed E-state index contributed by atoms with van der Waals surface area (Å²) in [5.74, 6) is 0. The van der Waals surface area contributed by atoms with E-state index in [0.717, 1.165) is 17.0 Å². The molecule has 0 saturated carbocycles. The molecular formula is C29H42N4O4S2Sn. The van der Waals surface area contributed by atoms with E-state index in [2.05, 4.69) is 31.4 Å². The van der Waals surface area contributed by atoms with E-state index < -0.39 is 23.3 Å². The predicted molar refractivity (Wildman–Crippen MR) is 167 cm³/mol. The monoisotopic (exact) mass is 694 g/mol. The second-order valence-electron chi connectivity index (χ2n) is 10.9. The molecule has 0 spiro atoms. The summed E-state index contributed by atoms with van der Waals surface area (Å²) < 4.78 is 13.9. The molecule has 0 aliphatic carbocycles. The van der Waals surface area contributed by atoms with Crippen molar-refractivity contribution in [1.29, 1.82) is 0 Å². The first-order valence-corrected chi connectivity index (χ1v) is 23.9. The predicted octanol–water partition coefficient (Wildman–Crippen LogP) is 7.86. The van der Waals surface area contributed by atoms with Crippen LogP contribution in [0.4, 0.5) is 10.5 Å². The van der Waals surface area contributed by atoms with Gasteiger partial charge in [0.25, 0.3) is 5.69 Å². The van der Waals surface area contributed by atoms with Gasteiger partial charge in [0.15, 0.2) is 0 Å². The third-order valence-corrected chi connectivity index (χ3v) is 28.6. The average Bonchev–Trinajstić information content (AvgIpc) is 3.70. The Kier molecular flexibility index (Phi) is 11.6. The molecule has 0 N–H and O–H groups in total. The number of hydrogen-bond donors (Lipinski definition) is 0. The number of thioether (sulfide) groups is 1. The van der Waals surface area contributed by atoms with Gasteiger partial charge in [0.2, 0.25) is 0 Å². The Morgan fingerprint density at radius 2 is 1.77 bits per heavy atom. The number of thiazole rings is 1. The summed E-state index contributed by atoms with van der Waals surface area (Å²) >= 11 is 1.31. The molecule has 4 rings (SSSR count). The molecule has 40 heavy (non-hydrogen) atoms. The number of benzene rings is 1. The van der Waals surface area contributed by atoms with Crippen LogP contribution in [0.5, 0.6) is 0 Å². The van der Waals surface area contributed by atoms with E-state index in [1.54, 1.807) is 31.7 Å². The van der Waals surface area contributed by atoms with Gasteiger partial charge < -0.3 is 0 Å². The Balaban J connectivity index is 1.39. The third-order valence-electron chi connectivity index (χ3n) is 7.92. The van der Waals surface area contributed by atoms with Gasteiger partial charge >= 0.3 is 206 Å². The van der Waals surface area contributed by atoms with Gasteiger partial charge in [-0.3, -0.25) is 10.1 Å². The summed E-state index contributed by atoms with van der Waals surface area (Å²) in [4.78, 5) is 30.9. The quantitative estimate of drug-likeness (QED) is 0.0915. The van der Waals surface area contributed by atoms with E-state index in [0.29, 0.717) is 13.1 Å². The molecule has 0 bridgehead atoms. The molecule has 1 atom stereocenters. The van der Waals surface area contributed by atoms with Gasteiger partial charge in [0.05, 0.1) is 4.92 Å². The molecule has 1 fully saturated rings. The molecule has 1 amide bonds. The first-order chi connectivity index (χ1) is 19.4. The molecule has 8 nitrogen and oxygen atoms in total. The maximum absolute atomic E-state index is 12.7. The Morgan fingerprint density at radius 1 is 1.12 bits per heavy atom. The number of likely N-dealkylation sites (tertiary alicyclic amines) is 1. The number of amides is 1. The molecule has 1 aliphatic rings. The van der Waals surface area contributed by atoms with Crippen molar-refractivity contribution in [2.45, 2.75) is 95.9 Å². The van der Waals surface area contributed by atoms with Crippen LogP contribution in [0.15, 0.2) is 41.8 Å². The number of rotatable bonds is 15. The van der Waals surface area contributed by atoms with Crippen LogP contribution < -0.4 is 2.89 Å². The summed E-state index contributed by atoms with van der Waals surface area (Å²) in [5.41, 5.74) is 0.758. The maximum atomic E-state index is 12.7. The zero-order valence-electron chi connectivity index (χ0n) is 24.0. The van der Waals surface area contributed by atoms with Gasteiger partial charge in [-0.05, 0) is 12.1 Å². The number of nitrogens with zero attached hydrogens (tertiary/aromatic N) is 4. The first-order valence-electron chi connectivity index (χ1n) is 14.7. The molecule has 3 aromatic rings. The number of hydrogen-bond acceptors (Lipinski definition) is 7. The normalized spacial score (nSPS) is 15.7. The van der Waals surface area contributed by atoms with Gasteiger partial charge in [-0.25, -0.2) is 0 Å². The molecule has 1 saturated heterocycles. The summed E-state index contributed by atoms with van der Waals surface area (Å²) in [6.07, 6.45) is 12.9. The average molecular weight is 694 g/mol. The van der Waals surface area contributed by atoms with Gasteiger partial charge in [-0.1, -0.05) is 0 Å². The van der Waals surface area contributed by atoms with Gasteiger partial charge in [-0.15, -0.1) is 0 Å². The second kappa shape index (κ2) is 14.9. The van der Waals surface area contributed by atoms with Crippen LogP contribution in [-0.4, -0.2) is 62.0 Å². The van der Waals surface area contributed by atoms with Crippen molar-refractivity contribution in [3.05, 3.63) is 52.5 Å².